The van der Waals surface area contributed by atoms with Crippen LogP contribution in [0, 0.1) is 11.6 Å². The number of rotatable bonds is 5. The number of fused-ring (bicyclic) bond motifs is 1. The largest absolute Gasteiger partial charge is 0.484 e. The van der Waals surface area contributed by atoms with E-state index in [4.69, 9.17) is 9.47 Å². The van der Waals surface area contributed by atoms with Crippen LogP contribution in [0.5, 0.6) is 5.06 Å². The minimum atomic E-state index is -0.992. The van der Waals surface area contributed by atoms with E-state index < -0.39 is 47.1 Å². The Bertz CT molecular complexity index is 1030. The number of benzene rings is 1. The maximum absolute atomic E-state index is 14.3. The highest BCUT2D eigenvalue weighted by Crippen LogP contribution is 2.43. The Morgan fingerprint density at radius 1 is 1.12 bits per heavy atom. The van der Waals surface area contributed by atoms with Gasteiger partial charge in [0.2, 0.25) is 11.7 Å². The zero-order valence-electron chi connectivity index (χ0n) is 18.0. The first-order valence-electron chi connectivity index (χ1n) is 10.1. The number of carbonyl (C=O) groups excluding carboxylic acids is 3. The zero-order chi connectivity index (χ0) is 23.5. The third-order valence-corrected chi connectivity index (χ3v) is 5.55. The molecule has 0 radical (unpaired) electrons. The lowest BCUT2D eigenvalue weighted by Crippen LogP contribution is -2.37. The highest BCUT2D eigenvalue weighted by atomic mass is 32.1. The number of alkyl carbamates (subject to hydrolysis) is 1. The molecule has 2 heterocycles. The number of ether oxygens (including phenoxy) is 2. The average molecular weight is 467 g/mol. The first-order valence-corrected chi connectivity index (χ1v) is 10.9. The fourth-order valence-electron chi connectivity index (χ4n) is 3.16. The van der Waals surface area contributed by atoms with Gasteiger partial charge in [0.15, 0.2) is 5.06 Å². The molecule has 172 valence electrons. The summed E-state index contributed by atoms with van der Waals surface area (Å²) >= 11 is 1.02. The first-order chi connectivity index (χ1) is 15.1. The number of carbonyl (C=O) groups is 3. The van der Waals surface area contributed by atoms with E-state index in [2.05, 4.69) is 10.6 Å². The summed E-state index contributed by atoms with van der Waals surface area (Å²) in [4.78, 5) is 37.4. The van der Waals surface area contributed by atoms with Gasteiger partial charge in [0, 0.05) is 5.56 Å². The molecule has 1 aromatic heterocycles. The minimum Gasteiger partial charge on any atom is -0.484 e. The molecular formula is C22H24F2N2O5S. The first kappa shape index (κ1) is 23.6. The minimum absolute atomic E-state index is 0.00141. The summed E-state index contributed by atoms with van der Waals surface area (Å²) < 4.78 is 39.4. The summed E-state index contributed by atoms with van der Waals surface area (Å²) in [7, 11) is 0. The molecule has 0 spiro atoms. The van der Waals surface area contributed by atoms with Gasteiger partial charge >= 0.3 is 6.09 Å². The van der Waals surface area contributed by atoms with E-state index in [-0.39, 0.29) is 10.6 Å². The molecule has 0 aliphatic carbocycles. The number of amides is 2. The van der Waals surface area contributed by atoms with Crippen molar-refractivity contribution in [3.05, 3.63) is 46.5 Å². The lowest BCUT2D eigenvalue weighted by molar-refractivity contribution is -0.115. The van der Waals surface area contributed by atoms with Gasteiger partial charge in [-0.25, -0.2) is 13.6 Å². The van der Waals surface area contributed by atoms with Crippen molar-refractivity contribution in [1.82, 2.24) is 5.32 Å². The smallest absolute Gasteiger partial charge is 0.408 e. The van der Waals surface area contributed by atoms with Gasteiger partial charge in [0.25, 0.3) is 0 Å². The molecule has 0 unspecified atom stereocenters. The van der Waals surface area contributed by atoms with Crippen molar-refractivity contribution in [3.63, 3.8) is 0 Å². The second-order valence-electron chi connectivity index (χ2n) is 8.21. The summed E-state index contributed by atoms with van der Waals surface area (Å²) in [5.41, 5.74) is -0.913. The van der Waals surface area contributed by atoms with E-state index in [0.717, 1.165) is 36.3 Å². The van der Waals surface area contributed by atoms with E-state index >= 15 is 0 Å². The molecule has 1 aliphatic rings. The maximum Gasteiger partial charge on any atom is 0.408 e. The van der Waals surface area contributed by atoms with E-state index in [1.807, 2.05) is 0 Å². The van der Waals surface area contributed by atoms with Crippen LogP contribution in [0.25, 0.3) is 0 Å². The summed E-state index contributed by atoms with van der Waals surface area (Å²) in [5, 5.41) is 5.42. The van der Waals surface area contributed by atoms with E-state index in [1.54, 1.807) is 20.8 Å². The number of ketones is 1. The van der Waals surface area contributed by atoms with Crippen LogP contribution in [-0.2, 0) is 16.0 Å². The van der Waals surface area contributed by atoms with Crippen molar-refractivity contribution >= 4 is 34.1 Å². The number of nitrogens with one attached hydrogen (secondary N) is 2. The van der Waals surface area contributed by atoms with Crippen LogP contribution in [0.2, 0.25) is 0 Å². The molecule has 2 aromatic rings. The van der Waals surface area contributed by atoms with Gasteiger partial charge in [-0.05, 0) is 52.2 Å². The second kappa shape index (κ2) is 9.64. The maximum atomic E-state index is 14.3. The standard InChI is InChI=1S/C22H24F2N2O5S/c1-22(2,3)31-21(29)25-11-15(27)26-19-16(12-7-4-5-10-30-20(12)32-19)18(28)17-13(23)8-6-9-14(17)24/h6,8-9H,4-5,7,10-11H2,1-3H3,(H,25,29)(H,26,27). The van der Waals surface area contributed by atoms with E-state index in [9.17, 15) is 23.2 Å². The van der Waals surface area contributed by atoms with Crippen molar-refractivity contribution < 1.29 is 32.6 Å². The molecular weight excluding hydrogens is 442 g/mol. The number of hydrogen-bond donors (Lipinski definition) is 2. The van der Waals surface area contributed by atoms with Crippen LogP contribution in [0.1, 0.15) is 55.1 Å². The third kappa shape index (κ3) is 5.61. The molecule has 10 heteroatoms. The molecule has 2 amide bonds. The van der Waals surface area contributed by atoms with Crippen LogP contribution >= 0.6 is 11.3 Å². The molecule has 0 bridgehead atoms. The lowest BCUT2D eigenvalue weighted by atomic mass is 9.97. The average Bonchev–Trinajstić information content (AvgIpc) is 2.85. The molecule has 1 aromatic carbocycles. The molecule has 7 nitrogen and oxygen atoms in total. The van der Waals surface area contributed by atoms with Crippen molar-refractivity contribution in [1.29, 1.82) is 0 Å². The van der Waals surface area contributed by atoms with Crippen molar-refractivity contribution in [2.75, 3.05) is 18.5 Å². The van der Waals surface area contributed by atoms with Crippen LogP contribution in [0.3, 0.4) is 0 Å². The Kier molecular flexibility index (Phi) is 7.12. The molecule has 0 atom stereocenters. The normalized spacial score (nSPS) is 13.4. The van der Waals surface area contributed by atoms with Gasteiger partial charge in [0.1, 0.15) is 28.8 Å². The van der Waals surface area contributed by atoms with Gasteiger partial charge in [-0.1, -0.05) is 17.4 Å². The highest BCUT2D eigenvalue weighted by Gasteiger charge is 2.30. The van der Waals surface area contributed by atoms with Crippen LogP contribution in [0.4, 0.5) is 18.6 Å². The number of thiophene rings is 1. The van der Waals surface area contributed by atoms with Crippen molar-refractivity contribution in [2.45, 2.75) is 45.6 Å². The Morgan fingerprint density at radius 3 is 2.47 bits per heavy atom. The summed E-state index contributed by atoms with van der Waals surface area (Å²) in [5.74, 6) is -3.49. The van der Waals surface area contributed by atoms with Crippen LogP contribution < -0.4 is 15.4 Å². The second-order valence-corrected chi connectivity index (χ2v) is 9.19. The summed E-state index contributed by atoms with van der Waals surface area (Å²) in [6, 6.07) is 3.17. The molecule has 0 saturated heterocycles. The SMILES string of the molecule is CC(C)(C)OC(=O)NCC(=O)Nc1sc2c(c1C(=O)c1c(F)cccc1F)CCCCO2. The van der Waals surface area contributed by atoms with Crippen LogP contribution in [-0.4, -0.2) is 36.5 Å². The van der Waals surface area contributed by atoms with Gasteiger partial charge in [0.05, 0.1) is 17.7 Å². The topological polar surface area (TPSA) is 93.7 Å². The number of anilines is 1. The Labute approximate surface area is 188 Å². The third-order valence-electron chi connectivity index (χ3n) is 4.49. The summed E-state index contributed by atoms with van der Waals surface area (Å²) in [6.45, 7) is 5.07. The van der Waals surface area contributed by atoms with E-state index in [0.29, 0.717) is 23.7 Å². The quantitative estimate of drug-likeness (QED) is 0.636. The Hall–Kier alpha value is -3.01. The highest BCUT2D eigenvalue weighted by molar-refractivity contribution is 7.18. The van der Waals surface area contributed by atoms with Gasteiger partial charge in [-0.3, -0.25) is 9.59 Å². The molecule has 1 aliphatic heterocycles. The lowest BCUT2D eigenvalue weighted by Gasteiger charge is -2.19. The van der Waals surface area contributed by atoms with Crippen molar-refractivity contribution in [2.24, 2.45) is 0 Å². The van der Waals surface area contributed by atoms with Gasteiger partial charge in [-0.15, -0.1) is 0 Å². The predicted molar refractivity (Wildman–Crippen MR) is 115 cm³/mol. The van der Waals surface area contributed by atoms with Crippen molar-refractivity contribution in [3.8, 4) is 5.06 Å². The monoisotopic (exact) mass is 466 g/mol. The summed E-state index contributed by atoms with van der Waals surface area (Å²) in [6.07, 6.45) is 1.18. The molecule has 2 N–H and O–H groups in total. The fraction of sp³-hybridized carbons (Fsp3) is 0.409. The Balaban J connectivity index is 1.87. The van der Waals surface area contributed by atoms with E-state index in [1.165, 1.54) is 6.07 Å². The van der Waals surface area contributed by atoms with Gasteiger partial charge in [-0.2, -0.15) is 0 Å². The van der Waals surface area contributed by atoms with Crippen LogP contribution in [0.15, 0.2) is 18.2 Å². The Morgan fingerprint density at radius 2 is 1.81 bits per heavy atom. The van der Waals surface area contributed by atoms with Gasteiger partial charge < -0.3 is 20.1 Å². The number of halogens is 2. The fourth-order valence-corrected chi connectivity index (χ4v) is 4.30. The molecule has 0 fully saturated rings. The molecule has 32 heavy (non-hydrogen) atoms. The molecule has 0 saturated carbocycles. The predicted octanol–water partition coefficient (Wildman–Crippen LogP) is 4.44. The zero-order valence-corrected chi connectivity index (χ0v) is 18.8. The molecule has 3 rings (SSSR count). The number of hydrogen-bond acceptors (Lipinski definition) is 6.